The maximum Gasteiger partial charge on any atom is 0.0368 e. The molecule has 0 N–H and O–H groups in total. The van der Waals surface area contributed by atoms with E-state index in [-0.39, 0.29) is 0 Å². The molecular formula is C13H9IS. The topological polar surface area (TPSA) is 0 Å². The average molecular weight is 324 g/mol. The number of benzene rings is 2. The molecule has 0 spiro atoms. The summed E-state index contributed by atoms with van der Waals surface area (Å²) in [5, 5.41) is 2.81. The van der Waals surface area contributed by atoms with E-state index >= 15 is 0 Å². The zero-order valence-electron chi connectivity index (χ0n) is 8.25. The van der Waals surface area contributed by atoms with Gasteiger partial charge in [0.05, 0.1) is 0 Å². The van der Waals surface area contributed by atoms with Gasteiger partial charge in [-0.3, -0.25) is 0 Å². The van der Waals surface area contributed by atoms with Crippen LogP contribution in [0.1, 0.15) is 5.56 Å². The van der Waals surface area contributed by atoms with E-state index < -0.39 is 0 Å². The standard InChI is InChI=1S/C13H9IS/c1-8-6-10(14)13-9-4-2-3-5-11(9)15-12(13)7-8/h2-7H,1H3. The Hall–Kier alpha value is -0.610. The second-order valence-corrected chi connectivity index (χ2v) is 5.96. The molecule has 0 radical (unpaired) electrons. The van der Waals surface area contributed by atoms with Gasteiger partial charge in [0, 0.05) is 23.7 Å². The number of thiophene rings is 1. The van der Waals surface area contributed by atoms with E-state index in [1.54, 1.807) is 0 Å². The van der Waals surface area contributed by atoms with E-state index in [1.807, 2.05) is 11.3 Å². The van der Waals surface area contributed by atoms with Gasteiger partial charge in [-0.2, -0.15) is 0 Å². The fourth-order valence-electron chi connectivity index (χ4n) is 1.93. The lowest BCUT2D eigenvalue weighted by molar-refractivity contribution is 1.50. The fraction of sp³-hybridized carbons (Fsp3) is 0.0769. The van der Waals surface area contributed by atoms with Crippen LogP contribution in [0.15, 0.2) is 36.4 Å². The molecule has 1 aromatic heterocycles. The molecule has 3 rings (SSSR count). The minimum Gasteiger partial charge on any atom is -0.135 e. The van der Waals surface area contributed by atoms with E-state index in [4.69, 9.17) is 0 Å². The molecule has 0 atom stereocenters. The highest BCUT2D eigenvalue weighted by atomic mass is 127. The molecule has 3 aromatic rings. The van der Waals surface area contributed by atoms with Crippen molar-refractivity contribution in [3.8, 4) is 0 Å². The monoisotopic (exact) mass is 324 g/mol. The Bertz CT molecular complexity index is 652. The molecule has 0 nitrogen and oxygen atoms in total. The van der Waals surface area contributed by atoms with Gasteiger partial charge in [0.15, 0.2) is 0 Å². The number of hydrogen-bond acceptors (Lipinski definition) is 1. The summed E-state index contributed by atoms with van der Waals surface area (Å²) in [4.78, 5) is 0. The lowest BCUT2D eigenvalue weighted by atomic mass is 10.1. The Morgan fingerprint density at radius 2 is 1.87 bits per heavy atom. The first kappa shape index (κ1) is 9.60. The molecular weight excluding hydrogens is 315 g/mol. The van der Waals surface area contributed by atoms with Crippen molar-refractivity contribution in [1.29, 1.82) is 0 Å². The normalized spacial score (nSPS) is 11.3. The summed E-state index contributed by atoms with van der Waals surface area (Å²) in [6.45, 7) is 2.16. The van der Waals surface area contributed by atoms with Gasteiger partial charge >= 0.3 is 0 Å². The van der Waals surface area contributed by atoms with Crippen molar-refractivity contribution in [3.63, 3.8) is 0 Å². The van der Waals surface area contributed by atoms with Crippen molar-refractivity contribution in [2.45, 2.75) is 6.92 Å². The molecule has 0 amide bonds. The van der Waals surface area contributed by atoms with Crippen molar-refractivity contribution in [1.82, 2.24) is 0 Å². The molecule has 2 aromatic carbocycles. The average Bonchev–Trinajstić information content (AvgIpc) is 2.54. The zero-order valence-corrected chi connectivity index (χ0v) is 11.2. The second kappa shape index (κ2) is 3.46. The summed E-state index contributed by atoms with van der Waals surface area (Å²) in [5.41, 5.74) is 1.35. The Morgan fingerprint density at radius 3 is 2.73 bits per heavy atom. The summed E-state index contributed by atoms with van der Waals surface area (Å²) in [6, 6.07) is 13.2. The van der Waals surface area contributed by atoms with Crippen LogP contribution in [-0.4, -0.2) is 0 Å². The van der Waals surface area contributed by atoms with Crippen LogP contribution in [-0.2, 0) is 0 Å². The van der Waals surface area contributed by atoms with Crippen LogP contribution in [0.5, 0.6) is 0 Å². The molecule has 0 aliphatic heterocycles. The van der Waals surface area contributed by atoms with E-state index in [1.165, 1.54) is 29.3 Å². The zero-order chi connectivity index (χ0) is 10.4. The molecule has 74 valence electrons. The van der Waals surface area contributed by atoms with Gasteiger partial charge in [-0.25, -0.2) is 0 Å². The van der Waals surface area contributed by atoms with Crippen molar-refractivity contribution >= 4 is 54.1 Å². The number of hydrogen-bond donors (Lipinski definition) is 0. The van der Waals surface area contributed by atoms with Gasteiger partial charge in [-0.15, -0.1) is 11.3 Å². The molecule has 0 bridgehead atoms. The van der Waals surface area contributed by atoms with Gasteiger partial charge in [0.1, 0.15) is 0 Å². The van der Waals surface area contributed by atoms with Crippen molar-refractivity contribution in [2.75, 3.05) is 0 Å². The number of fused-ring (bicyclic) bond motifs is 3. The van der Waals surface area contributed by atoms with Gasteiger partial charge in [0.2, 0.25) is 0 Å². The maximum absolute atomic E-state index is 2.44. The summed E-state index contributed by atoms with van der Waals surface area (Å²) < 4.78 is 4.15. The Morgan fingerprint density at radius 1 is 1.07 bits per heavy atom. The highest BCUT2D eigenvalue weighted by molar-refractivity contribution is 14.1. The first-order valence-corrected chi connectivity index (χ1v) is 6.72. The lowest BCUT2D eigenvalue weighted by Gasteiger charge is -1.97. The molecule has 0 unspecified atom stereocenters. The first-order chi connectivity index (χ1) is 7.25. The van der Waals surface area contributed by atoms with Crippen LogP contribution in [0.25, 0.3) is 20.2 Å². The van der Waals surface area contributed by atoms with Crippen LogP contribution in [0.4, 0.5) is 0 Å². The first-order valence-electron chi connectivity index (χ1n) is 4.83. The van der Waals surface area contributed by atoms with Crippen molar-refractivity contribution in [3.05, 3.63) is 45.5 Å². The SMILES string of the molecule is Cc1cc(I)c2c(c1)sc1ccccc12. The van der Waals surface area contributed by atoms with Crippen LogP contribution in [0.2, 0.25) is 0 Å². The number of halogens is 1. The fourth-order valence-corrected chi connectivity index (χ4v) is 4.42. The predicted octanol–water partition coefficient (Wildman–Crippen LogP) is 4.97. The van der Waals surface area contributed by atoms with Gasteiger partial charge in [-0.05, 0) is 53.3 Å². The molecule has 0 saturated carbocycles. The van der Waals surface area contributed by atoms with Crippen molar-refractivity contribution < 1.29 is 0 Å². The Labute approximate surface area is 106 Å². The molecule has 1 heterocycles. The van der Waals surface area contributed by atoms with Crippen LogP contribution in [0, 0.1) is 10.5 Å². The summed E-state index contributed by atoms with van der Waals surface area (Å²) in [7, 11) is 0. The van der Waals surface area contributed by atoms with E-state index in [9.17, 15) is 0 Å². The molecule has 0 aliphatic rings. The highest BCUT2D eigenvalue weighted by Crippen LogP contribution is 2.36. The summed E-state index contributed by atoms with van der Waals surface area (Å²) in [6.07, 6.45) is 0. The smallest absolute Gasteiger partial charge is 0.0368 e. The molecule has 0 fully saturated rings. The van der Waals surface area contributed by atoms with Crippen LogP contribution in [0.3, 0.4) is 0 Å². The molecule has 15 heavy (non-hydrogen) atoms. The third kappa shape index (κ3) is 1.47. The Kier molecular flexibility index (Phi) is 2.21. The largest absolute Gasteiger partial charge is 0.135 e. The minimum absolute atomic E-state index is 1.35. The van der Waals surface area contributed by atoms with Crippen molar-refractivity contribution in [2.24, 2.45) is 0 Å². The van der Waals surface area contributed by atoms with E-state index in [0.717, 1.165) is 0 Å². The maximum atomic E-state index is 2.44. The number of rotatable bonds is 0. The van der Waals surface area contributed by atoms with E-state index in [2.05, 4.69) is 65.9 Å². The quantitative estimate of drug-likeness (QED) is 0.512. The molecule has 0 aliphatic carbocycles. The van der Waals surface area contributed by atoms with Gasteiger partial charge < -0.3 is 0 Å². The van der Waals surface area contributed by atoms with E-state index in [0.29, 0.717) is 0 Å². The summed E-state index contributed by atoms with van der Waals surface area (Å²) in [5.74, 6) is 0. The lowest BCUT2D eigenvalue weighted by Crippen LogP contribution is -1.76. The van der Waals surface area contributed by atoms with Crippen LogP contribution >= 0.6 is 33.9 Å². The third-order valence-electron chi connectivity index (χ3n) is 2.57. The predicted molar refractivity (Wildman–Crippen MR) is 76.8 cm³/mol. The van der Waals surface area contributed by atoms with Gasteiger partial charge in [0.25, 0.3) is 0 Å². The third-order valence-corrected chi connectivity index (χ3v) is 4.54. The second-order valence-electron chi connectivity index (χ2n) is 3.72. The highest BCUT2D eigenvalue weighted by Gasteiger charge is 2.07. The Balaban J connectivity index is 2.61. The molecule has 2 heteroatoms. The minimum atomic E-state index is 1.35. The van der Waals surface area contributed by atoms with Crippen LogP contribution < -0.4 is 0 Å². The van der Waals surface area contributed by atoms with Gasteiger partial charge in [-0.1, -0.05) is 18.2 Å². The molecule has 0 saturated heterocycles. The number of aryl methyl sites for hydroxylation is 1. The summed E-state index contributed by atoms with van der Waals surface area (Å²) >= 11 is 4.32.